The third kappa shape index (κ3) is 1.64. The summed E-state index contributed by atoms with van der Waals surface area (Å²) in [6, 6.07) is 6.13. The number of imidazole rings is 1. The largest absolute Gasteiger partial charge is 0.496 e. The molecule has 2 heterocycles. The number of hydrogen-bond donors (Lipinski definition) is 1. The molecule has 2 N–H and O–H groups in total. The van der Waals surface area contributed by atoms with Crippen LogP contribution in [0.2, 0.25) is 0 Å². The van der Waals surface area contributed by atoms with Crippen molar-refractivity contribution >= 4 is 22.1 Å². The maximum atomic E-state index is 5.71. The van der Waals surface area contributed by atoms with E-state index in [1.807, 2.05) is 29.7 Å². The Kier molecular flexibility index (Phi) is 2.48. The van der Waals surface area contributed by atoms with E-state index in [2.05, 4.69) is 16.4 Å². The number of fused-ring (bicyclic) bond motifs is 1. The Balaban J connectivity index is 2.16. The Morgan fingerprint density at radius 1 is 1.39 bits per heavy atom. The molecule has 3 rings (SSSR count). The fraction of sp³-hybridized carbons (Fsp3) is 0.154. The van der Waals surface area contributed by atoms with Crippen molar-refractivity contribution in [2.24, 2.45) is 0 Å². The average molecular weight is 259 g/mol. The molecule has 2 aromatic heterocycles. The van der Waals surface area contributed by atoms with Crippen LogP contribution in [0, 0.1) is 6.92 Å². The van der Waals surface area contributed by atoms with Crippen LogP contribution in [0.15, 0.2) is 29.8 Å². The number of thiazole rings is 1. The van der Waals surface area contributed by atoms with E-state index in [4.69, 9.17) is 10.5 Å². The Hall–Kier alpha value is -2.01. The van der Waals surface area contributed by atoms with E-state index in [-0.39, 0.29) is 0 Å². The van der Waals surface area contributed by atoms with Gasteiger partial charge in [-0.1, -0.05) is 0 Å². The van der Waals surface area contributed by atoms with Crippen molar-refractivity contribution in [3.63, 3.8) is 0 Å². The first-order valence-corrected chi connectivity index (χ1v) is 6.44. The quantitative estimate of drug-likeness (QED) is 0.769. The SMILES string of the molecule is COc1ccc(-c2csc3nc(N)cn23)cc1C. The second kappa shape index (κ2) is 4.03. The summed E-state index contributed by atoms with van der Waals surface area (Å²) in [5.74, 6) is 1.45. The van der Waals surface area contributed by atoms with E-state index < -0.39 is 0 Å². The second-order valence-electron chi connectivity index (χ2n) is 4.12. The molecular weight excluding hydrogens is 246 g/mol. The molecule has 0 fully saturated rings. The topological polar surface area (TPSA) is 52.5 Å². The van der Waals surface area contributed by atoms with Gasteiger partial charge in [0, 0.05) is 5.38 Å². The van der Waals surface area contributed by atoms with Crippen LogP contribution in [0.4, 0.5) is 5.82 Å². The van der Waals surface area contributed by atoms with Gasteiger partial charge < -0.3 is 10.5 Å². The van der Waals surface area contributed by atoms with Gasteiger partial charge in [-0.05, 0) is 36.2 Å². The molecule has 4 nitrogen and oxygen atoms in total. The minimum absolute atomic E-state index is 0.549. The van der Waals surface area contributed by atoms with Gasteiger partial charge in [0.1, 0.15) is 11.6 Å². The van der Waals surface area contributed by atoms with Crippen molar-refractivity contribution in [1.82, 2.24) is 9.38 Å². The molecule has 18 heavy (non-hydrogen) atoms. The lowest BCUT2D eigenvalue weighted by Gasteiger charge is -2.06. The Morgan fingerprint density at radius 3 is 2.94 bits per heavy atom. The normalized spacial score (nSPS) is 11.0. The molecule has 0 atom stereocenters. The highest BCUT2D eigenvalue weighted by Gasteiger charge is 2.09. The van der Waals surface area contributed by atoms with Gasteiger partial charge in [0.25, 0.3) is 0 Å². The van der Waals surface area contributed by atoms with Gasteiger partial charge in [-0.25, -0.2) is 4.98 Å². The highest BCUT2D eigenvalue weighted by Crippen LogP contribution is 2.30. The summed E-state index contributed by atoms with van der Waals surface area (Å²) in [5, 5.41) is 2.09. The minimum atomic E-state index is 0.549. The second-order valence-corrected chi connectivity index (χ2v) is 4.96. The van der Waals surface area contributed by atoms with Crippen LogP contribution in [-0.4, -0.2) is 16.5 Å². The summed E-state index contributed by atoms with van der Waals surface area (Å²) in [7, 11) is 1.68. The first-order chi connectivity index (χ1) is 8.69. The maximum Gasteiger partial charge on any atom is 0.196 e. The third-order valence-electron chi connectivity index (χ3n) is 2.92. The lowest BCUT2D eigenvalue weighted by Crippen LogP contribution is -1.89. The van der Waals surface area contributed by atoms with E-state index in [1.165, 1.54) is 0 Å². The number of rotatable bonds is 2. The number of aromatic nitrogens is 2. The maximum absolute atomic E-state index is 5.71. The highest BCUT2D eigenvalue weighted by molar-refractivity contribution is 7.15. The van der Waals surface area contributed by atoms with Gasteiger partial charge in [0.05, 0.1) is 19.0 Å². The molecule has 0 saturated heterocycles. The molecule has 0 spiro atoms. The van der Waals surface area contributed by atoms with Crippen LogP contribution in [-0.2, 0) is 0 Å². The monoisotopic (exact) mass is 259 g/mol. The molecule has 1 aromatic carbocycles. The zero-order chi connectivity index (χ0) is 12.7. The fourth-order valence-corrected chi connectivity index (χ4v) is 2.94. The molecule has 0 amide bonds. The van der Waals surface area contributed by atoms with Gasteiger partial charge in [0.2, 0.25) is 0 Å². The third-order valence-corrected chi connectivity index (χ3v) is 3.76. The van der Waals surface area contributed by atoms with Crippen LogP contribution in [0.1, 0.15) is 5.56 Å². The lowest BCUT2D eigenvalue weighted by atomic mass is 10.1. The number of ether oxygens (including phenoxy) is 1. The molecule has 0 aliphatic rings. The fourth-order valence-electron chi connectivity index (χ4n) is 2.05. The smallest absolute Gasteiger partial charge is 0.196 e. The minimum Gasteiger partial charge on any atom is -0.496 e. The number of nitrogen functional groups attached to an aromatic ring is 1. The number of methoxy groups -OCH3 is 1. The summed E-state index contributed by atoms with van der Waals surface area (Å²) >= 11 is 1.59. The molecule has 0 saturated carbocycles. The molecule has 5 heteroatoms. The molecule has 3 aromatic rings. The van der Waals surface area contributed by atoms with Crippen LogP contribution < -0.4 is 10.5 Å². The van der Waals surface area contributed by atoms with E-state index in [0.717, 1.165) is 27.5 Å². The Labute approximate surface area is 109 Å². The Morgan fingerprint density at radius 2 is 2.22 bits per heavy atom. The van der Waals surface area contributed by atoms with Crippen molar-refractivity contribution in [1.29, 1.82) is 0 Å². The van der Waals surface area contributed by atoms with Crippen molar-refractivity contribution < 1.29 is 4.74 Å². The number of aryl methyl sites for hydroxylation is 1. The van der Waals surface area contributed by atoms with Crippen LogP contribution in [0.5, 0.6) is 5.75 Å². The van der Waals surface area contributed by atoms with Gasteiger partial charge in [-0.3, -0.25) is 4.40 Å². The molecule has 0 unspecified atom stereocenters. The average Bonchev–Trinajstić information content (AvgIpc) is 2.87. The van der Waals surface area contributed by atoms with Crippen molar-refractivity contribution in [3.8, 4) is 17.0 Å². The predicted octanol–water partition coefficient (Wildman–Crippen LogP) is 2.96. The predicted molar refractivity (Wildman–Crippen MR) is 74.2 cm³/mol. The van der Waals surface area contributed by atoms with Gasteiger partial charge >= 0.3 is 0 Å². The van der Waals surface area contributed by atoms with Gasteiger partial charge in [0.15, 0.2) is 4.96 Å². The zero-order valence-corrected chi connectivity index (χ0v) is 11.0. The number of nitrogens with two attached hydrogens (primary N) is 1. The molecule has 92 valence electrons. The Bertz CT molecular complexity index is 714. The van der Waals surface area contributed by atoms with E-state index in [9.17, 15) is 0 Å². The van der Waals surface area contributed by atoms with E-state index in [1.54, 1.807) is 18.4 Å². The molecule has 0 radical (unpaired) electrons. The first-order valence-electron chi connectivity index (χ1n) is 5.56. The summed E-state index contributed by atoms with van der Waals surface area (Å²) in [5.41, 5.74) is 9.06. The van der Waals surface area contributed by atoms with Crippen LogP contribution >= 0.6 is 11.3 Å². The standard InChI is InChI=1S/C13H13N3OS/c1-8-5-9(3-4-11(8)17-2)10-7-18-13-15-12(14)6-16(10)13/h3-7H,14H2,1-2H3. The van der Waals surface area contributed by atoms with Crippen LogP contribution in [0.3, 0.4) is 0 Å². The molecule has 0 aliphatic heterocycles. The number of anilines is 1. The summed E-state index contributed by atoms with van der Waals surface area (Å²) in [6.07, 6.45) is 1.85. The van der Waals surface area contributed by atoms with E-state index in [0.29, 0.717) is 5.82 Å². The van der Waals surface area contributed by atoms with Gasteiger partial charge in [-0.2, -0.15) is 0 Å². The number of benzene rings is 1. The van der Waals surface area contributed by atoms with E-state index >= 15 is 0 Å². The summed E-state index contributed by atoms with van der Waals surface area (Å²) in [4.78, 5) is 5.16. The summed E-state index contributed by atoms with van der Waals surface area (Å²) < 4.78 is 7.29. The lowest BCUT2D eigenvalue weighted by molar-refractivity contribution is 0.412. The number of nitrogens with zero attached hydrogens (tertiary/aromatic N) is 2. The first kappa shape index (κ1) is 11.1. The molecule has 0 aliphatic carbocycles. The van der Waals surface area contributed by atoms with Gasteiger partial charge in [-0.15, -0.1) is 11.3 Å². The van der Waals surface area contributed by atoms with Crippen LogP contribution in [0.25, 0.3) is 16.2 Å². The zero-order valence-electron chi connectivity index (χ0n) is 10.2. The van der Waals surface area contributed by atoms with Crippen molar-refractivity contribution in [3.05, 3.63) is 35.3 Å². The van der Waals surface area contributed by atoms with Crippen molar-refractivity contribution in [2.75, 3.05) is 12.8 Å². The number of hydrogen-bond acceptors (Lipinski definition) is 4. The van der Waals surface area contributed by atoms with Crippen molar-refractivity contribution in [2.45, 2.75) is 6.92 Å². The highest BCUT2D eigenvalue weighted by atomic mass is 32.1. The molecular formula is C13H13N3OS. The summed E-state index contributed by atoms with van der Waals surface area (Å²) in [6.45, 7) is 2.04. The molecule has 0 bridgehead atoms.